The minimum absolute atomic E-state index is 0.0326. The molecule has 668 valence electrons. The lowest BCUT2D eigenvalue weighted by Gasteiger charge is -2.48. The van der Waals surface area contributed by atoms with Gasteiger partial charge in [0.1, 0.15) is 77.4 Å². The van der Waals surface area contributed by atoms with Crippen molar-refractivity contribution in [2.45, 2.75) is 222 Å². The third-order valence-corrected chi connectivity index (χ3v) is 24.8. The van der Waals surface area contributed by atoms with Crippen molar-refractivity contribution in [3.63, 3.8) is 0 Å². The number of aliphatic hydroxyl groups is 6. The summed E-state index contributed by atoms with van der Waals surface area (Å²) in [6.07, 6.45) is -23.3. The molecule has 8 aliphatic rings. The van der Waals surface area contributed by atoms with E-state index in [1.807, 2.05) is 50.2 Å². The van der Waals surface area contributed by atoms with E-state index in [0.717, 1.165) is 53.1 Å². The van der Waals surface area contributed by atoms with Crippen LogP contribution in [0.4, 0.5) is 0 Å². The largest absolute Gasteiger partial charge is 0.508 e. The van der Waals surface area contributed by atoms with Gasteiger partial charge in [0.2, 0.25) is 41.6 Å². The summed E-state index contributed by atoms with van der Waals surface area (Å²) in [7, 11) is 0. The number of hydrogen-bond donors (Lipinski definition) is 16. The van der Waals surface area contributed by atoms with Crippen molar-refractivity contribution >= 4 is 81.9 Å². The molecular weight excluding hydrogens is 1690 g/mol. The number of hydrogen-bond acceptors (Lipinski definition) is 26. The molecule has 0 aliphatic carbocycles. The third kappa shape index (κ3) is 20.3. The Hall–Kier alpha value is -10.1. The molecule has 32 nitrogen and oxygen atoms in total. The number of amides is 5. The van der Waals surface area contributed by atoms with E-state index < -0.39 is 257 Å². The number of carboxylic acids is 1. The van der Waals surface area contributed by atoms with Crippen LogP contribution >= 0.6 is 34.8 Å². The average Bonchev–Trinajstić information content (AvgIpc) is 0.762. The van der Waals surface area contributed by atoms with E-state index in [2.05, 4.69) is 26.6 Å². The van der Waals surface area contributed by atoms with Crippen LogP contribution in [0.5, 0.6) is 46.0 Å². The molecule has 17 unspecified atom stereocenters. The number of aromatic hydroxyl groups is 3. The molecule has 0 aromatic heterocycles. The Balaban J connectivity index is 1.02. The number of fused-ring (bicyclic) bond motifs is 15. The quantitative estimate of drug-likeness (QED) is 0.0358. The highest BCUT2D eigenvalue weighted by Gasteiger charge is 2.53. The minimum Gasteiger partial charge on any atom is -0.508 e. The number of nitrogens with one attached hydrogen (secondary N) is 5. The highest BCUT2D eigenvalue weighted by molar-refractivity contribution is 6.32. The lowest BCUT2D eigenvalue weighted by molar-refractivity contribution is -0.334. The summed E-state index contributed by atoms with van der Waals surface area (Å²) in [6, 6.07) is 21.3. The maximum absolute atomic E-state index is 16.7. The fourth-order valence-electron chi connectivity index (χ4n) is 17.1. The van der Waals surface area contributed by atoms with Gasteiger partial charge in [0.05, 0.1) is 52.9 Å². The van der Waals surface area contributed by atoms with Crippen molar-refractivity contribution < 1.29 is 127 Å². The van der Waals surface area contributed by atoms with E-state index in [1.54, 1.807) is 53.7 Å². The molecule has 3 saturated heterocycles. The number of phenols is 3. The number of Topliss-reactive ketones (excluding diaryl/α,β-unsaturated/α-hetero) is 2. The molecule has 7 aromatic carbocycles. The lowest BCUT2D eigenvalue weighted by Crippen LogP contribution is -2.65. The number of rotatable bonds is 19. The minimum atomic E-state index is -2.26. The van der Waals surface area contributed by atoms with Gasteiger partial charge >= 0.3 is 5.97 Å². The van der Waals surface area contributed by atoms with Gasteiger partial charge in [-0.1, -0.05) is 124 Å². The van der Waals surface area contributed by atoms with Crippen molar-refractivity contribution in [1.82, 2.24) is 26.6 Å². The van der Waals surface area contributed by atoms with Crippen molar-refractivity contribution in [2.75, 3.05) is 6.61 Å². The van der Waals surface area contributed by atoms with Gasteiger partial charge in [-0.15, -0.1) is 0 Å². The zero-order valence-corrected chi connectivity index (χ0v) is 71.6. The summed E-state index contributed by atoms with van der Waals surface area (Å²) in [6.45, 7) is 13.0. The number of halogens is 3. The number of primary amides is 1. The number of ketones is 2. The zero-order chi connectivity index (χ0) is 90.3. The standard InChI is InChI=1S/C90H101Cl3N6O26/c1-9-43(24-39(2)3)83(112)98-73-60(104)28-50(31-67(94)106)84(113)96-71-49-29-64(120-62-22-17-47(75(73)107)26-56(62)92)79(125-88-80(77(109)76(108)66(38-100)122-88)124-69-36-90(8,82(111)41(5)119-69)95-37-42-10-12-44(13-11-42)45-14-19-51(91)20-15-45)65(30-49)121-63-23-18-48(27-57(63)93)78(123-68-35-89(6,7)81(110)40(4)118-68)74-86(115)97-72(87(116)117)55-32-52(101)33-59(103)70(55)54-25-46(16-21-58(54)102)53(34-61(71)105)85(114)99-74/h10-23,25-27,29-30,32-33,39-41,43,50,53,66,68-69,71-78,80-82,88,95,100-103,107-111H,9,24,28,31,34-38H2,1-8H3,(H2,94,106)(H,96,113)(H,97,115)(H,98,112)(H,99,114)(H,116,117)/t40?,41?,43-,50?,53?,66?,68?,69?,71?,72?,73-,74+,75?,76?,77?,78-,80?,81?,82?,88?,90?/m1/s1. The molecule has 8 aliphatic heterocycles. The summed E-state index contributed by atoms with van der Waals surface area (Å²) < 4.78 is 53.3. The molecule has 11 bridgehead atoms. The van der Waals surface area contributed by atoms with Crippen LogP contribution in [-0.4, -0.2) is 190 Å². The van der Waals surface area contributed by atoms with E-state index in [0.29, 0.717) is 11.4 Å². The van der Waals surface area contributed by atoms with Gasteiger partial charge in [0, 0.05) is 77.9 Å². The van der Waals surface area contributed by atoms with Crippen molar-refractivity contribution in [3.8, 4) is 68.2 Å². The second kappa shape index (κ2) is 38.2. The lowest BCUT2D eigenvalue weighted by atomic mass is 9.78. The maximum Gasteiger partial charge on any atom is 0.330 e. The first-order valence-electron chi connectivity index (χ1n) is 41.0. The van der Waals surface area contributed by atoms with Crippen molar-refractivity contribution in [2.24, 2.45) is 28.9 Å². The van der Waals surface area contributed by atoms with Crippen LogP contribution in [0, 0.1) is 23.2 Å². The molecule has 3 fully saturated rings. The van der Waals surface area contributed by atoms with E-state index in [4.69, 9.17) is 78.4 Å². The molecule has 15 rings (SSSR count). The van der Waals surface area contributed by atoms with Gasteiger partial charge in [-0.05, 0) is 151 Å². The molecule has 8 heterocycles. The van der Waals surface area contributed by atoms with Gasteiger partial charge < -0.3 is 121 Å². The SMILES string of the molecule is CC[C@H](CC(C)C)C(=O)N[C@@H]1C(=O)CC(CC(N)=O)C(=O)NC2C(=O)CC3C(=O)N[C@H](C(=O)NC(C(=O)O)c4cc(O)cc(O)c4-c4cc3ccc4O)[C@H](OC3CC(C)(C)C(O)C(C)O3)c3ccc(c(Cl)c3)Oc3cc2cc(c3OC2OC(CO)C(O)C(O)C2OC2CC(C)(NCc3ccc(-c4ccc(Cl)cc4)cc3)C(O)C(C)O2)Oc2ccc(cc2Cl)C1O. The monoisotopic (exact) mass is 1790 g/mol. The average molecular weight is 1790 g/mol. The van der Waals surface area contributed by atoms with Crippen LogP contribution in [0.25, 0.3) is 22.3 Å². The van der Waals surface area contributed by atoms with Crippen LogP contribution in [0.2, 0.25) is 15.1 Å². The third-order valence-electron chi connectivity index (χ3n) is 24.0. The van der Waals surface area contributed by atoms with Gasteiger partial charge in [-0.3, -0.25) is 33.6 Å². The molecule has 17 N–H and O–H groups in total. The van der Waals surface area contributed by atoms with Gasteiger partial charge in [0.15, 0.2) is 47.8 Å². The Kier molecular flexibility index (Phi) is 28.3. The van der Waals surface area contributed by atoms with Crippen LogP contribution < -0.4 is 46.5 Å². The van der Waals surface area contributed by atoms with Crippen molar-refractivity contribution in [3.05, 3.63) is 176 Å². The number of benzene rings is 7. The summed E-state index contributed by atoms with van der Waals surface area (Å²) in [5.74, 6) is -18.9. The molecule has 35 heteroatoms. The van der Waals surface area contributed by atoms with Gasteiger partial charge in [-0.2, -0.15) is 0 Å². The van der Waals surface area contributed by atoms with Gasteiger partial charge in [0.25, 0.3) is 0 Å². The first-order valence-corrected chi connectivity index (χ1v) is 42.2. The number of aliphatic carboxylic acids is 1. The number of nitrogens with two attached hydrogens (primary N) is 1. The number of carboxylic acid groups (broad SMARTS) is 1. The fraction of sp³-hybridized carbons (Fsp3) is 0.444. The van der Waals surface area contributed by atoms with E-state index >= 15 is 24.0 Å². The van der Waals surface area contributed by atoms with Crippen LogP contribution in [-0.2, 0) is 68.6 Å². The van der Waals surface area contributed by atoms with E-state index in [1.165, 1.54) is 42.5 Å². The Bertz CT molecular complexity index is 5240. The van der Waals surface area contributed by atoms with E-state index in [-0.39, 0.29) is 75.5 Å². The summed E-state index contributed by atoms with van der Waals surface area (Å²) >= 11 is 20.9. The number of aliphatic hydroxyl groups excluding tert-OH is 6. The summed E-state index contributed by atoms with van der Waals surface area (Å²) in [4.78, 5) is 122. The van der Waals surface area contributed by atoms with Crippen LogP contribution in [0.15, 0.2) is 127 Å². The fourth-order valence-corrected chi connectivity index (χ4v) is 17.7. The topological polar surface area (TPSA) is 499 Å². The predicted molar refractivity (Wildman–Crippen MR) is 450 cm³/mol. The second-order valence-corrected chi connectivity index (χ2v) is 35.3. The zero-order valence-electron chi connectivity index (χ0n) is 69.3. The molecular formula is C90H101Cl3N6O26. The number of carbonyl (C=O) groups is 8. The highest BCUT2D eigenvalue weighted by Crippen LogP contribution is 2.52. The molecule has 0 saturated carbocycles. The molecule has 21 atom stereocenters. The van der Waals surface area contributed by atoms with Crippen molar-refractivity contribution in [1.29, 1.82) is 0 Å². The highest BCUT2D eigenvalue weighted by atomic mass is 35.5. The number of ether oxygens (including phenoxy) is 8. The predicted octanol–water partition coefficient (Wildman–Crippen LogP) is 9.22. The van der Waals surface area contributed by atoms with Crippen LogP contribution in [0.3, 0.4) is 0 Å². The molecule has 0 radical (unpaired) electrons. The number of carbonyl (C=O) groups excluding carboxylic acids is 7. The summed E-state index contributed by atoms with van der Waals surface area (Å²) in [5.41, 5.74) is 4.08. The Morgan fingerprint density at radius 2 is 1.26 bits per heavy atom. The summed E-state index contributed by atoms with van der Waals surface area (Å²) in [5, 5.41) is 131. The van der Waals surface area contributed by atoms with Crippen LogP contribution in [0.1, 0.15) is 164 Å². The first-order chi connectivity index (χ1) is 59.2. The first kappa shape index (κ1) is 92.6. The molecule has 0 spiro atoms. The van der Waals surface area contributed by atoms with Gasteiger partial charge in [-0.25, -0.2) is 4.79 Å². The Morgan fingerprint density at radius 3 is 1.87 bits per heavy atom. The normalized spacial score (nSPS) is 29.1. The Labute approximate surface area is 733 Å². The maximum atomic E-state index is 16.7. The van der Waals surface area contributed by atoms with E-state index in [9.17, 15) is 65.4 Å². The number of phenolic OH excluding ortho intramolecular Hbond substituents is 3. The molecule has 5 amide bonds. The molecule has 7 aromatic rings. The smallest absolute Gasteiger partial charge is 0.330 e. The Morgan fingerprint density at radius 1 is 0.648 bits per heavy atom. The molecule has 125 heavy (non-hydrogen) atoms. The second-order valence-electron chi connectivity index (χ2n) is 34.1.